The number of carbonyl (C=O) groups is 4. The SMILES string of the molecule is Cc1cccc(NC(=O)CCC2CCN(C(=O)C[C@@H]3NC(=O)NC3=O)CC2)c1. The maximum Gasteiger partial charge on any atom is 0.322 e. The molecule has 0 saturated carbocycles. The van der Waals surface area contributed by atoms with Gasteiger partial charge in [0.2, 0.25) is 11.8 Å². The third-order valence-corrected chi connectivity index (χ3v) is 5.29. The summed E-state index contributed by atoms with van der Waals surface area (Å²) >= 11 is 0. The molecule has 2 aliphatic heterocycles. The Morgan fingerprint density at radius 3 is 2.61 bits per heavy atom. The lowest BCUT2D eigenvalue weighted by Crippen LogP contribution is -2.42. The number of hydrogen-bond acceptors (Lipinski definition) is 4. The van der Waals surface area contributed by atoms with Crippen molar-refractivity contribution in [2.45, 2.75) is 45.1 Å². The fraction of sp³-hybridized carbons (Fsp3) is 0.500. The average molecular weight is 386 g/mol. The van der Waals surface area contributed by atoms with Crippen molar-refractivity contribution in [3.63, 3.8) is 0 Å². The molecule has 2 fully saturated rings. The number of benzene rings is 1. The van der Waals surface area contributed by atoms with Gasteiger partial charge in [-0.25, -0.2) is 4.79 Å². The van der Waals surface area contributed by atoms with Gasteiger partial charge in [-0.2, -0.15) is 0 Å². The molecule has 28 heavy (non-hydrogen) atoms. The molecule has 2 heterocycles. The molecule has 2 saturated heterocycles. The Kier molecular flexibility index (Phi) is 6.28. The van der Waals surface area contributed by atoms with Crippen molar-refractivity contribution in [3.05, 3.63) is 29.8 Å². The zero-order valence-corrected chi connectivity index (χ0v) is 16.0. The first-order chi connectivity index (χ1) is 13.4. The Morgan fingerprint density at radius 2 is 1.96 bits per heavy atom. The van der Waals surface area contributed by atoms with Crippen LogP contribution < -0.4 is 16.0 Å². The number of nitrogens with one attached hydrogen (secondary N) is 3. The van der Waals surface area contributed by atoms with Crippen LogP contribution in [0.15, 0.2) is 24.3 Å². The second-order valence-electron chi connectivity index (χ2n) is 7.50. The van der Waals surface area contributed by atoms with E-state index in [0.29, 0.717) is 25.4 Å². The molecule has 2 aliphatic rings. The average Bonchev–Trinajstić information content (AvgIpc) is 2.97. The van der Waals surface area contributed by atoms with E-state index in [4.69, 9.17) is 0 Å². The third-order valence-electron chi connectivity index (χ3n) is 5.29. The Bertz CT molecular complexity index is 771. The lowest BCUT2D eigenvalue weighted by Gasteiger charge is -2.32. The fourth-order valence-electron chi connectivity index (χ4n) is 3.66. The number of nitrogens with zero attached hydrogens (tertiary/aromatic N) is 1. The predicted molar refractivity (Wildman–Crippen MR) is 103 cm³/mol. The summed E-state index contributed by atoms with van der Waals surface area (Å²) in [5.41, 5.74) is 1.91. The van der Waals surface area contributed by atoms with Gasteiger partial charge in [-0.1, -0.05) is 12.1 Å². The maximum atomic E-state index is 12.3. The molecule has 8 heteroatoms. The zero-order valence-electron chi connectivity index (χ0n) is 16.0. The minimum atomic E-state index is -0.775. The Balaban J connectivity index is 1.37. The number of likely N-dealkylation sites (tertiary alicyclic amines) is 1. The number of amides is 5. The van der Waals surface area contributed by atoms with E-state index in [1.807, 2.05) is 31.2 Å². The Hall–Kier alpha value is -2.90. The quantitative estimate of drug-likeness (QED) is 0.645. The molecule has 0 unspecified atom stereocenters. The number of piperidine rings is 1. The highest BCUT2D eigenvalue weighted by Gasteiger charge is 2.33. The van der Waals surface area contributed by atoms with Gasteiger partial charge in [-0.05, 0) is 49.8 Å². The van der Waals surface area contributed by atoms with Crippen molar-refractivity contribution in [2.75, 3.05) is 18.4 Å². The topological polar surface area (TPSA) is 108 Å². The van der Waals surface area contributed by atoms with Gasteiger partial charge in [-0.3, -0.25) is 19.7 Å². The third kappa shape index (κ3) is 5.31. The first-order valence-corrected chi connectivity index (χ1v) is 9.66. The Labute approximate surface area is 164 Å². The second-order valence-corrected chi connectivity index (χ2v) is 7.50. The molecule has 1 aromatic carbocycles. The molecule has 0 aliphatic carbocycles. The molecule has 1 atom stereocenters. The van der Waals surface area contributed by atoms with Crippen LogP contribution in [0.2, 0.25) is 0 Å². The summed E-state index contributed by atoms with van der Waals surface area (Å²) in [6, 6.07) is 6.39. The van der Waals surface area contributed by atoms with Crippen molar-refractivity contribution >= 4 is 29.4 Å². The number of imide groups is 1. The van der Waals surface area contributed by atoms with Crippen LogP contribution in [0, 0.1) is 12.8 Å². The van der Waals surface area contributed by atoms with Crippen LogP contribution in [0.1, 0.15) is 37.7 Å². The van der Waals surface area contributed by atoms with E-state index >= 15 is 0 Å². The van der Waals surface area contributed by atoms with Crippen LogP contribution in [0.25, 0.3) is 0 Å². The normalized spacial score (nSPS) is 19.9. The van der Waals surface area contributed by atoms with Crippen LogP contribution >= 0.6 is 0 Å². The number of anilines is 1. The maximum absolute atomic E-state index is 12.3. The first-order valence-electron chi connectivity index (χ1n) is 9.66. The summed E-state index contributed by atoms with van der Waals surface area (Å²) in [6.07, 6.45) is 2.92. The van der Waals surface area contributed by atoms with E-state index < -0.39 is 18.0 Å². The van der Waals surface area contributed by atoms with E-state index in [1.54, 1.807) is 4.90 Å². The monoisotopic (exact) mass is 386 g/mol. The van der Waals surface area contributed by atoms with Gasteiger partial charge in [-0.15, -0.1) is 0 Å². The molecule has 8 nitrogen and oxygen atoms in total. The van der Waals surface area contributed by atoms with Crippen LogP contribution in [0.5, 0.6) is 0 Å². The predicted octanol–water partition coefficient (Wildman–Crippen LogP) is 1.55. The van der Waals surface area contributed by atoms with Gasteiger partial charge in [0.1, 0.15) is 6.04 Å². The van der Waals surface area contributed by atoms with E-state index in [9.17, 15) is 19.2 Å². The lowest BCUT2D eigenvalue weighted by molar-refractivity contribution is -0.135. The summed E-state index contributed by atoms with van der Waals surface area (Å²) < 4.78 is 0. The fourth-order valence-corrected chi connectivity index (χ4v) is 3.66. The molecule has 0 aromatic heterocycles. The van der Waals surface area contributed by atoms with Crippen LogP contribution in [-0.2, 0) is 14.4 Å². The summed E-state index contributed by atoms with van der Waals surface area (Å²) in [5, 5.41) is 7.50. The van der Waals surface area contributed by atoms with Crippen molar-refractivity contribution in [1.82, 2.24) is 15.5 Å². The molecule has 0 radical (unpaired) electrons. The zero-order chi connectivity index (χ0) is 20.1. The summed E-state index contributed by atoms with van der Waals surface area (Å²) in [6.45, 7) is 3.22. The second kappa shape index (κ2) is 8.86. The standard InChI is InChI=1S/C20H26N4O4/c1-13-3-2-4-15(11-13)21-17(25)6-5-14-7-9-24(10-8-14)18(26)12-16-19(27)23-20(28)22-16/h2-4,11,14,16H,5-10,12H2,1H3,(H,21,25)(H2,22,23,27,28)/t16-/m0/s1. The minimum Gasteiger partial charge on any atom is -0.343 e. The van der Waals surface area contributed by atoms with E-state index in [2.05, 4.69) is 16.0 Å². The van der Waals surface area contributed by atoms with Crippen LogP contribution in [0.4, 0.5) is 10.5 Å². The molecule has 0 spiro atoms. The van der Waals surface area contributed by atoms with Gasteiger partial charge in [0.15, 0.2) is 0 Å². The minimum absolute atomic E-state index is 0.00657. The molecule has 3 rings (SSSR count). The summed E-state index contributed by atoms with van der Waals surface area (Å²) in [5.74, 6) is -0.167. The molecular formula is C20H26N4O4. The number of rotatable bonds is 6. The Morgan fingerprint density at radius 1 is 1.21 bits per heavy atom. The van der Waals surface area contributed by atoms with Crippen LogP contribution in [0.3, 0.4) is 0 Å². The highest BCUT2D eigenvalue weighted by molar-refractivity contribution is 6.05. The van der Waals surface area contributed by atoms with E-state index in [0.717, 1.165) is 30.5 Å². The smallest absolute Gasteiger partial charge is 0.322 e. The summed E-state index contributed by atoms with van der Waals surface area (Å²) in [7, 11) is 0. The highest BCUT2D eigenvalue weighted by Crippen LogP contribution is 2.23. The largest absolute Gasteiger partial charge is 0.343 e. The number of carbonyl (C=O) groups excluding carboxylic acids is 4. The summed E-state index contributed by atoms with van der Waals surface area (Å²) in [4.78, 5) is 48.9. The molecule has 1 aromatic rings. The molecular weight excluding hydrogens is 360 g/mol. The lowest BCUT2D eigenvalue weighted by atomic mass is 9.91. The van der Waals surface area contributed by atoms with E-state index in [-0.39, 0.29) is 18.2 Å². The molecule has 0 bridgehead atoms. The van der Waals surface area contributed by atoms with Crippen molar-refractivity contribution in [3.8, 4) is 0 Å². The molecule has 3 N–H and O–H groups in total. The number of aryl methyl sites for hydroxylation is 1. The highest BCUT2D eigenvalue weighted by atomic mass is 16.2. The number of urea groups is 1. The first kappa shape index (κ1) is 19.9. The van der Waals surface area contributed by atoms with Gasteiger partial charge in [0.25, 0.3) is 5.91 Å². The van der Waals surface area contributed by atoms with Gasteiger partial charge < -0.3 is 15.5 Å². The van der Waals surface area contributed by atoms with Gasteiger partial charge in [0, 0.05) is 25.2 Å². The van der Waals surface area contributed by atoms with Crippen molar-refractivity contribution in [1.29, 1.82) is 0 Å². The van der Waals surface area contributed by atoms with E-state index in [1.165, 1.54) is 0 Å². The van der Waals surface area contributed by atoms with Gasteiger partial charge in [0.05, 0.1) is 6.42 Å². The number of hydrogen-bond donors (Lipinski definition) is 3. The van der Waals surface area contributed by atoms with Gasteiger partial charge >= 0.3 is 6.03 Å². The molecule has 5 amide bonds. The van der Waals surface area contributed by atoms with Crippen molar-refractivity contribution in [2.24, 2.45) is 5.92 Å². The van der Waals surface area contributed by atoms with Crippen molar-refractivity contribution < 1.29 is 19.2 Å². The molecule has 150 valence electrons. The van der Waals surface area contributed by atoms with Crippen LogP contribution in [-0.4, -0.2) is 47.8 Å².